The average Bonchev–Trinajstić information content (AvgIpc) is 3.47. The van der Waals surface area contributed by atoms with Crippen LogP contribution in [0.5, 0.6) is 0 Å². The Morgan fingerprint density at radius 1 is 1.12 bits per heavy atom. The number of nitrogens with zero attached hydrogens (tertiary/aromatic N) is 3. The van der Waals surface area contributed by atoms with Crippen LogP contribution in [0.2, 0.25) is 0 Å². The molecule has 1 saturated carbocycles. The molecule has 7 heteroatoms. The molecule has 3 aromatic rings. The van der Waals surface area contributed by atoms with E-state index in [1.807, 2.05) is 18.2 Å². The molecule has 3 aliphatic rings. The van der Waals surface area contributed by atoms with Gasteiger partial charge in [-0.05, 0) is 80.8 Å². The fraction of sp³-hybridized carbons (Fsp3) is 0.481. The molecule has 1 aromatic heterocycles. The number of likely N-dealkylation sites (tertiary alicyclic amines) is 1. The highest BCUT2D eigenvalue weighted by atomic mass is 19.1. The first-order valence-electron chi connectivity index (χ1n) is 12.4. The van der Waals surface area contributed by atoms with Crippen molar-refractivity contribution in [2.45, 2.75) is 38.0 Å². The predicted octanol–water partition coefficient (Wildman–Crippen LogP) is 5.37. The second-order valence-corrected chi connectivity index (χ2v) is 10.00. The Kier molecular flexibility index (Phi) is 5.73. The molecule has 2 unspecified atom stereocenters. The third kappa shape index (κ3) is 4.29. The van der Waals surface area contributed by atoms with Crippen molar-refractivity contribution in [1.29, 1.82) is 0 Å². The Hall–Kier alpha value is -2.93. The fourth-order valence-corrected chi connectivity index (χ4v) is 5.66. The molecule has 2 aliphatic heterocycles. The van der Waals surface area contributed by atoms with E-state index in [0.717, 1.165) is 75.1 Å². The smallest absolute Gasteiger partial charge is 0.414 e. The number of hydrogen-bond acceptors (Lipinski definition) is 5. The summed E-state index contributed by atoms with van der Waals surface area (Å²) in [4.78, 5) is 17.0. The number of fused-ring (bicyclic) bond motifs is 2. The third-order valence-corrected chi connectivity index (χ3v) is 7.75. The van der Waals surface area contributed by atoms with Gasteiger partial charge in [0.05, 0.1) is 18.0 Å². The fourth-order valence-electron chi connectivity index (χ4n) is 5.66. The summed E-state index contributed by atoms with van der Waals surface area (Å²) in [6.07, 6.45) is 4.98. The van der Waals surface area contributed by atoms with Crippen molar-refractivity contribution in [1.82, 2.24) is 10.1 Å². The Bertz CT molecular complexity index is 1190. The maximum Gasteiger partial charge on any atom is 0.414 e. The van der Waals surface area contributed by atoms with E-state index in [1.165, 1.54) is 17.7 Å². The highest BCUT2D eigenvalue weighted by Gasteiger charge is 2.40. The number of para-hydroxylation sites is 1. The lowest BCUT2D eigenvalue weighted by atomic mass is 9.91. The largest absolute Gasteiger partial charge is 0.449 e. The Labute approximate surface area is 198 Å². The summed E-state index contributed by atoms with van der Waals surface area (Å²) < 4.78 is 24.5. The van der Waals surface area contributed by atoms with Gasteiger partial charge in [0.15, 0.2) is 5.58 Å². The van der Waals surface area contributed by atoms with Crippen LogP contribution in [0.3, 0.4) is 0 Å². The molecule has 1 saturated heterocycles. The number of anilines is 1. The molecular weight excluding hydrogens is 433 g/mol. The van der Waals surface area contributed by atoms with E-state index in [2.05, 4.69) is 16.1 Å². The lowest BCUT2D eigenvalue weighted by Crippen LogP contribution is -2.36. The molecular formula is C27H30FN3O3. The van der Waals surface area contributed by atoms with Crippen molar-refractivity contribution in [3.05, 3.63) is 59.5 Å². The van der Waals surface area contributed by atoms with Gasteiger partial charge in [-0.1, -0.05) is 23.4 Å². The molecule has 178 valence electrons. The minimum atomic E-state index is -0.296. The van der Waals surface area contributed by atoms with Crippen LogP contribution < -0.4 is 4.90 Å². The van der Waals surface area contributed by atoms with Crippen LogP contribution in [0.4, 0.5) is 14.9 Å². The quantitative estimate of drug-likeness (QED) is 0.509. The van der Waals surface area contributed by atoms with E-state index >= 15 is 0 Å². The standard InChI is InChI=1S/C27H30FN3O3/c28-22-7-8-23-25(15-22)34-29-26(23)19-9-12-30(13-10-19)16-20-14-21(20)17-33-27(32)31-11-3-5-18-4-1-2-6-24(18)31/h1-2,4,6-8,15,19-21H,3,5,9-14,16-17H2. The van der Waals surface area contributed by atoms with Gasteiger partial charge in [-0.3, -0.25) is 4.90 Å². The Morgan fingerprint density at radius 3 is 2.85 bits per heavy atom. The molecule has 6 rings (SSSR count). The summed E-state index contributed by atoms with van der Waals surface area (Å²) in [5.74, 6) is 1.13. The summed E-state index contributed by atoms with van der Waals surface area (Å²) >= 11 is 0. The summed E-state index contributed by atoms with van der Waals surface area (Å²) in [5, 5.41) is 5.18. The number of ether oxygens (including phenoxy) is 1. The Morgan fingerprint density at radius 2 is 1.97 bits per heavy atom. The minimum absolute atomic E-state index is 0.210. The summed E-state index contributed by atoms with van der Waals surface area (Å²) in [6, 6.07) is 12.8. The van der Waals surface area contributed by atoms with E-state index < -0.39 is 0 Å². The molecule has 0 bridgehead atoms. The van der Waals surface area contributed by atoms with E-state index in [0.29, 0.717) is 29.9 Å². The van der Waals surface area contributed by atoms with Gasteiger partial charge in [0.25, 0.3) is 0 Å². The lowest BCUT2D eigenvalue weighted by molar-refractivity contribution is 0.142. The van der Waals surface area contributed by atoms with Gasteiger partial charge >= 0.3 is 6.09 Å². The molecule has 6 nitrogen and oxygen atoms in total. The van der Waals surface area contributed by atoms with Crippen molar-refractivity contribution in [3.63, 3.8) is 0 Å². The molecule has 0 radical (unpaired) electrons. The van der Waals surface area contributed by atoms with E-state index in [-0.39, 0.29) is 11.9 Å². The van der Waals surface area contributed by atoms with Gasteiger partial charge in [0.1, 0.15) is 5.82 Å². The van der Waals surface area contributed by atoms with Crippen LogP contribution in [-0.4, -0.2) is 48.9 Å². The van der Waals surface area contributed by atoms with E-state index in [4.69, 9.17) is 9.26 Å². The second kappa shape index (κ2) is 9.02. The van der Waals surface area contributed by atoms with Crippen molar-refractivity contribution < 1.29 is 18.4 Å². The summed E-state index contributed by atoms with van der Waals surface area (Å²) in [7, 11) is 0. The molecule has 34 heavy (non-hydrogen) atoms. The van der Waals surface area contributed by atoms with Gasteiger partial charge < -0.3 is 14.2 Å². The summed E-state index contributed by atoms with van der Waals surface area (Å²) in [5.41, 5.74) is 3.72. The van der Waals surface area contributed by atoms with Crippen LogP contribution in [0.15, 0.2) is 47.0 Å². The first kappa shape index (κ1) is 21.6. The molecule has 0 spiro atoms. The average molecular weight is 464 g/mol. The zero-order valence-electron chi connectivity index (χ0n) is 19.3. The molecule has 2 fully saturated rings. The van der Waals surface area contributed by atoms with E-state index in [9.17, 15) is 9.18 Å². The van der Waals surface area contributed by atoms with Crippen molar-refractivity contribution in [2.24, 2.45) is 11.8 Å². The predicted molar refractivity (Wildman–Crippen MR) is 127 cm³/mol. The number of amides is 1. The maximum atomic E-state index is 13.4. The molecule has 1 aliphatic carbocycles. The normalized spacial score (nSPS) is 23.1. The summed E-state index contributed by atoms with van der Waals surface area (Å²) in [6.45, 7) is 4.35. The topological polar surface area (TPSA) is 58.8 Å². The zero-order chi connectivity index (χ0) is 23.1. The number of aryl methyl sites for hydroxylation is 1. The lowest BCUT2D eigenvalue weighted by Gasteiger charge is -2.31. The van der Waals surface area contributed by atoms with Gasteiger partial charge in [-0.2, -0.15) is 0 Å². The number of hydrogen-bond donors (Lipinski definition) is 0. The molecule has 3 heterocycles. The minimum Gasteiger partial charge on any atom is -0.449 e. The number of aromatic nitrogens is 1. The maximum absolute atomic E-state index is 13.4. The van der Waals surface area contributed by atoms with Gasteiger partial charge in [0.2, 0.25) is 0 Å². The number of carbonyl (C=O) groups is 1. The number of piperidine rings is 1. The first-order valence-corrected chi connectivity index (χ1v) is 12.4. The van der Waals surface area contributed by atoms with Gasteiger partial charge in [-0.15, -0.1) is 0 Å². The van der Waals surface area contributed by atoms with Gasteiger partial charge in [0, 0.05) is 30.5 Å². The molecule has 2 aromatic carbocycles. The number of halogens is 1. The molecule has 0 N–H and O–H groups in total. The van der Waals surface area contributed by atoms with Crippen LogP contribution in [0.25, 0.3) is 11.0 Å². The number of carbonyl (C=O) groups excluding carboxylic acids is 1. The molecule has 1 amide bonds. The first-order chi connectivity index (χ1) is 16.7. The van der Waals surface area contributed by atoms with Crippen molar-refractivity contribution in [3.8, 4) is 0 Å². The van der Waals surface area contributed by atoms with Crippen molar-refractivity contribution in [2.75, 3.05) is 37.7 Å². The van der Waals surface area contributed by atoms with Crippen LogP contribution in [0.1, 0.15) is 42.9 Å². The van der Waals surface area contributed by atoms with Crippen LogP contribution >= 0.6 is 0 Å². The van der Waals surface area contributed by atoms with Crippen LogP contribution in [0, 0.1) is 17.7 Å². The second-order valence-electron chi connectivity index (χ2n) is 10.00. The van der Waals surface area contributed by atoms with Gasteiger partial charge in [-0.25, -0.2) is 9.18 Å². The highest BCUT2D eigenvalue weighted by Crippen LogP contribution is 2.41. The monoisotopic (exact) mass is 463 g/mol. The Balaban J connectivity index is 0.963. The number of rotatable bonds is 5. The number of benzene rings is 2. The van der Waals surface area contributed by atoms with E-state index in [1.54, 1.807) is 11.0 Å². The SMILES string of the molecule is O=C(OCC1CC1CN1CCC(c2noc3cc(F)ccc23)CC1)N1CCCc2ccccc21. The molecule has 2 atom stereocenters. The zero-order valence-corrected chi connectivity index (χ0v) is 19.3. The van der Waals surface area contributed by atoms with Crippen molar-refractivity contribution >= 4 is 22.7 Å². The van der Waals surface area contributed by atoms with Crippen LogP contribution in [-0.2, 0) is 11.2 Å². The highest BCUT2D eigenvalue weighted by molar-refractivity contribution is 5.89. The third-order valence-electron chi connectivity index (χ3n) is 7.75.